The monoisotopic (exact) mass is 401 g/mol. The van der Waals surface area contributed by atoms with Crippen molar-refractivity contribution in [3.05, 3.63) is 63.5 Å². The number of amides is 1. The molecule has 0 unspecified atom stereocenters. The largest absolute Gasteiger partial charge is 0.462 e. The average Bonchev–Trinajstić information content (AvgIpc) is 2.96. The Kier molecular flexibility index (Phi) is 7.52. The van der Waals surface area contributed by atoms with Crippen LogP contribution in [0.4, 0.5) is 5.00 Å². The minimum absolute atomic E-state index is 0.116. The lowest BCUT2D eigenvalue weighted by atomic mass is 10.1. The minimum Gasteiger partial charge on any atom is -0.462 e. The Bertz CT molecular complexity index is 895. The molecule has 1 heterocycles. The molecule has 0 radical (unpaired) electrons. The number of esters is 2. The van der Waals surface area contributed by atoms with E-state index >= 15 is 0 Å². The standard InChI is InChI=1S/C21H23NO5S/c1-5-26-20(24)17-14(4)18(28-19(17)22-16(23)11-13(2)3)21(25)27-12-15-9-7-6-8-10-15/h6-11H,5,12H2,1-4H3,(H,22,23). The Morgan fingerprint density at radius 1 is 1.07 bits per heavy atom. The normalized spacial score (nSPS) is 10.1. The molecule has 7 heteroatoms. The van der Waals surface area contributed by atoms with Gasteiger partial charge in [0.2, 0.25) is 5.91 Å². The fourth-order valence-electron chi connectivity index (χ4n) is 2.44. The molecule has 0 atom stereocenters. The maximum Gasteiger partial charge on any atom is 0.349 e. The Balaban J connectivity index is 2.29. The van der Waals surface area contributed by atoms with Gasteiger partial charge in [-0.05, 0) is 38.8 Å². The molecule has 0 aliphatic heterocycles. The average molecular weight is 401 g/mol. The van der Waals surface area contributed by atoms with E-state index < -0.39 is 11.9 Å². The highest BCUT2D eigenvalue weighted by atomic mass is 32.1. The van der Waals surface area contributed by atoms with E-state index in [0.717, 1.165) is 22.5 Å². The Morgan fingerprint density at radius 2 is 1.75 bits per heavy atom. The third kappa shape index (κ3) is 5.53. The van der Waals surface area contributed by atoms with Crippen LogP contribution in [0.2, 0.25) is 0 Å². The van der Waals surface area contributed by atoms with E-state index in [2.05, 4.69) is 5.32 Å². The highest BCUT2D eigenvalue weighted by Gasteiger charge is 2.27. The van der Waals surface area contributed by atoms with Gasteiger partial charge in [-0.2, -0.15) is 0 Å². The Hall–Kier alpha value is -2.93. The third-order valence-electron chi connectivity index (χ3n) is 3.68. The number of carbonyl (C=O) groups is 3. The molecule has 1 N–H and O–H groups in total. The highest BCUT2D eigenvalue weighted by Crippen LogP contribution is 2.34. The van der Waals surface area contributed by atoms with Crippen molar-refractivity contribution in [2.75, 3.05) is 11.9 Å². The van der Waals surface area contributed by atoms with E-state index in [1.807, 2.05) is 30.3 Å². The van der Waals surface area contributed by atoms with Gasteiger partial charge in [-0.3, -0.25) is 4.79 Å². The number of carbonyl (C=O) groups excluding carboxylic acids is 3. The van der Waals surface area contributed by atoms with E-state index in [4.69, 9.17) is 9.47 Å². The van der Waals surface area contributed by atoms with Crippen molar-refractivity contribution >= 4 is 34.2 Å². The number of ether oxygens (including phenoxy) is 2. The van der Waals surface area contributed by atoms with Crippen LogP contribution in [0.5, 0.6) is 0 Å². The predicted octanol–water partition coefficient (Wildman–Crippen LogP) is 4.49. The molecule has 0 bridgehead atoms. The quantitative estimate of drug-likeness (QED) is 0.546. The van der Waals surface area contributed by atoms with Gasteiger partial charge in [0.25, 0.3) is 0 Å². The van der Waals surface area contributed by atoms with Gasteiger partial charge in [-0.15, -0.1) is 11.3 Å². The summed E-state index contributed by atoms with van der Waals surface area (Å²) in [6.07, 6.45) is 1.41. The van der Waals surface area contributed by atoms with Crippen LogP contribution in [0, 0.1) is 6.92 Å². The lowest BCUT2D eigenvalue weighted by Gasteiger charge is -2.06. The molecule has 0 spiro atoms. The first-order valence-corrected chi connectivity index (χ1v) is 9.62. The zero-order valence-corrected chi connectivity index (χ0v) is 17.1. The van der Waals surface area contributed by atoms with Gasteiger partial charge in [0.15, 0.2) is 0 Å². The van der Waals surface area contributed by atoms with E-state index in [1.165, 1.54) is 6.08 Å². The van der Waals surface area contributed by atoms with Crippen LogP contribution in [-0.4, -0.2) is 24.5 Å². The third-order valence-corrected chi connectivity index (χ3v) is 4.87. The molecule has 6 nitrogen and oxygen atoms in total. The summed E-state index contributed by atoms with van der Waals surface area (Å²) in [7, 11) is 0. The summed E-state index contributed by atoms with van der Waals surface area (Å²) in [6, 6.07) is 9.29. The molecule has 28 heavy (non-hydrogen) atoms. The molecule has 0 aliphatic carbocycles. The van der Waals surface area contributed by atoms with Gasteiger partial charge in [0.05, 0.1) is 12.2 Å². The minimum atomic E-state index is -0.592. The molecular formula is C21H23NO5S. The Morgan fingerprint density at radius 3 is 2.36 bits per heavy atom. The molecule has 1 aromatic heterocycles. The number of thiophene rings is 1. The van der Waals surface area contributed by atoms with Crippen LogP contribution in [0.25, 0.3) is 0 Å². The summed E-state index contributed by atoms with van der Waals surface area (Å²) in [6.45, 7) is 7.21. The van der Waals surface area contributed by atoms with Crippen molar-refractivity contribution in [2.45, 2.75) is 34.3 Å². The summed E-state index contributed by atoms with van der Waals surface area (Å²) < 4.78 is 10.5. The van der Waals surface area contributed by atoms with Crippen molar-refractivity contribution in [3.63, 3.8) is 0 Å². The van der Waals surface area contributed by atoms with Gasteiger partial charge >= 0.3 is 11.9 Å². The zero-order chi connectivity index (χ0) is 20.7. The second-order valence-electron chi connectivity index (χ2n) is 6.25. The van der Waals surface area contributed by atoms with Gasteiger partial charge in [-0.1, -0.05) is 35.9 Å². The van der Waals surface area contributed by atoms with Gasteiger partial charge in [-0.25, -0.2) is 9.59 Å². The van der Waals surface area contributed by atoms with Crippen LogP contribution in [-0.2, 0) is 20.9 Å². The Labute approximate surface area is 168 Å². The zero-order valence-electron chi connectivity index (χ0n) is 16.3. The van der Waals surface area contributed by atoms with Gasteiger partial charge in [0, 0.05) is 6.08 Å². The van der Waals surface area contributed by atoms with Crippen LogP contribution in [0.3, 0.4) is 0 Å². The van der Waals surface area contributed by atoms with Crippen LogP contribution >= 0.6 is 11.3 Å². The lowest BCUT2D eigenvalue weighted by Crippen LogP contribution is -2.13. The maximum atomic E-state index is 12.6. The lowest BCUT2D eigenvalue weighted by molar-refractivity contribution is -0.111. The van der Waals surface area contributed by atoms with E-state index in [1.54, 1.807) is 27.7 Å². The molecule has 148 valence electrons. The summed E-state index contributed by atoms with van der Waals surface area (Å²) in [5.41, 5.74) is 2.27. The van der Waals surface area contributed by atoms with Gasteiger partial charge in [0.1, 0.15) is 16.5 Å². The summed E-state index contributed by atoms with van der Waals surface area (Å²) in [5.74, 6) is -1.53. The molecule has 0 saturated heterocycles. The second-order valence-corrected chi connectivity index (χ2v) is 7.27. The number of benzene rings is 1. The van der Waals surface area contributed by atoms with Crippen molar-refractivity contribution in [2.24, 2.45) is 0 Å². The number of hydrogen-bond acceptors (Lipinski definition) is 6. The molecular weight excluding hydrogens is 378 g/mol. The number of rotatable bonds is 7. The molecule has 0 fully saturated rings. The molecule has 1 amide bonds. The predicted molar refractivity (Wildman–Crippen MR) is 109 cm³/mol. The number of allylic oxidation sites excluding steroid dienone is 1. The first-order valence-electron chi connectivity index (χ1n) is 8.80. The van der Waals surface area contributed by atoms with E-state index in [0.29, 0.717) is 5.56 Å². The van der Waals surface area contributed by atoms with Crippen LogP contribution < -0.4 is 5.32 Å². The van der Waals surface area contributed by atoms with Crippen LogP contribution in [0.1, 0.15) is 51.9 Å². The van der Waals surface area contributed by atoms with E-state index in [9.17, 15) is 14.4 Å². The maximum absolute atomic E-state index is 12.6. The van der Waals surface area contributed by atoms with Crippen molar-refractivity contribution in [1.82, 2.24) is 0 Å². The fourth-order valence-corrected chi connectivity index (χ4v) is 3.54. The van der Waals surface area contributed by atoms with Crippen LogP contribution in [0.15, 0.2) is 42.0 Å². The van der Waals surface area contributed by atoms with Crippen molar-refractivity contribution < 1.29 is 23.9 Å². The topological polar surface area (TPSA) is 81.7 Å². The van der Waals surface area contributed by atoms with Crippen molar-refractivity contribution in [1.29, 1.82) is 0 Å². The summed E-state index contributed by atoms with van der Waals surface area (Å²) in [5, 5.41) is 2.93. The van der Waals surface area contributed by atoms with Gasteiger partial charge < -0.3 is 14.8 Å². The molecule has 2 aromatic rings. The SMILES string of the molecule is CCOC(=O)c1c(NC(=O)C=C(C)C)sc(C(=O)OCc2ccccc2)c1C. The smallest absolute Gasteiger partial charge is 0.349 e. The fraction of sp³-hybridized carbons (Fsp3) is 0.286. The first kappa shape index (κ1) is 21.4. The number of nitrogens with one attached hydrogen (secondary N) is 1. The molecule has 1 aromatic carbocycles. The second kappa shape index (κ2) is 9.85. The summed E-state index contributed by atoms with van der Waals surface area (Å²) >= 11 is 1.00. The van der Waals surface area contributed by atoms with Crippen molar-refractivity contribution in [3.8, 4) is 0 Å². The molecule has 2 rings (SSSR count). The highest BCUT2D eigenvalue weighted by molar-refractivity contribution is 7.18. The number of hydrogen-bond donors (Lipinski definition) is 1. The first-order chi connectivity index (χ1) is 13.3. The molecule has 0 aliphatic rings. The summed E-state index contributed by atoms with van der Waals surface area (Å²) in [4.78, 5) is 37.3. The molecule has 0 saturated carbocycles. The van der Waals surface area contributed by atoms with E-state index in [-0.39, 0.29) is 34.6 Å². The number of anilines is 1.